The largest absolute Gasteiger partial charge is 0.480 e. The molecule has 184 valence electrons. The SMILES string of the molecule is CCOC(=O)C(CCc1ccccc1)N[C@@H](C)C(=O)N1CC(SCC)(SCC)C[C@H]1C(=O)O. The smallest absolute Gasteiger partial charge is 0.326 e. The van der Waals surface area contributed by atoms with Crippen LogP contribution in [-0.2, 0) is 25.5 Å². The van der Waals surface area contributed by atoms with Gasteiger partial charge in [-0.05, 0) is 43.8 Å². The zero-order valence-electron chi connectivity index (χ0n) is 19.9. The van der Waals surface area contributed by atoms with Crippen LogP contribution in [0.4, 0.5) is 0 Å². The highest BCUT2D eigenvalue weighted by Crippen LogP contribution is 2.47. The van der Waals surface area contributed by atoms with Gasteiger partial charge in [0.25, 0.3) is 0 Å². The standard InChI is InChI=1S/C24H36N2O5S2/c1-5-31-23(30)19(14-13-18-11-9-8-10-12-18)25-17(4)21(27)26-16-24(32-6-2,33-7-3)15-20(26)22(28)29/h8-12,17,19-20,25H,5-7,13-16H2,1-4H3,(H,28,29)/t17-,19?,20-/m0/s1. The molecule has 1 fully saturated rings. The number of carbonyl (C=O) groups excluding carboxylic acids is 2. The van der Waals surface area contributed by atoms with E-state index < -0.39 is 30.1 Å². The zero-order valence-corrected chi connectivity index (χ0v) is 21.5. The van der Waals surface area contributed by atoms with Crippen molar-refractivity contribution in [2.24, 2.45) is 0 Å². The maximum atomic E-state index is 13.4. The van der Waals surface area contributed by atoms with Crippen LogP contribution in [0.15, 0.2) is 30.3 Å². The molecule has 0 bridgehead atoms. The Labute approximate surface area is 205 Å². The van der Waals surface area contributed by atoms with Crippen molar-refractivity contribution in [3.8, 4) is 0 Å². The van der Waals surface area contributed by atoms with E-state index in [1.807, 2.05) is 44.2 Å². The molecule has 1 unspecified atom stereocenters. The van der Waals surface area contributed by atoms with Crippen molar-refractivity contribution in [1.82, 2.24) is 10.2 Å². The lowest BCUT2D eigenvalue weighted by Crippen LogP contribution is -2.53. The summed E-state index contributed by atoms with van der Waals surface area (Å²) in [6.07, 6.45) is 1.54. The van der Waals surface area contributed by atoms with Crippen LogP contribution < -0.4 is 5.32 Å². The third-order valence-electron chi connectivity index (χ3n) is 5.63. The van der Waals surface area contributed by atoms with Crippen molar-refractivity contribution >= 4 is 41.4 Å². The lowest BCUT2D eigenvalue weighted by molar-refractivity contribution is -0.150. The average molecular weight is 497 g/mol. The number of amides is 1. The molecule has 2 rings (SSSR count). The predicted molar refractivity (Wildman–Crippen MR) is 135 cm³/mol. The number of nitrogens with one attached hydrogen (secondary N) is 1. The molecule has 0 radical (unpaired) electrons. The van der Waals surface area contributed by atoms with Crippen molar-refractivity contribution < 1.29 is 24.2 Å². The number of carboxylic acid groups (broad SMARTS) is 1. The van der Waals surface area contributed by atoms with E-state index in [1.54, 1.807) is 37.4 Å². The molecule has 2 N–H and O–H groups in total. The van der Waals surface area contributed by atoms with Gasteiger partial charge in [-0.15, -0.1) is 23.5 Å². The van der Waals surface area contributed by atoms with Crippen LogP contribution in [0.2, 0.25) is 0 Å². The summed E-state index contributed by atoms with van der Waals surface area (Å²) >= 11 is 3.41. The number of carbonyl (C=O) groups is 3. The molecule has 0 aliphatic carbocycles. The summed E-state index contributed by atoms with van der Waals surface area (Å²) < 4.78 is 4.90. The summed E-state index contributed by atoms with van der Waals surface area (Å²) in [6, 6.07) is 7.58. The van der Waals surface area contributed by atoms with Gasteiger partial charge in [-0.2, -0.15) is 0 Å². The Balaban J connectivity index is 2.14. The summed E-state index contributed by atoms with van der Waals surface area (Å²) in [6.45, 7) is 8.16. The van der Waals surface area contributed by atoms with E-state index in [-0.39, 0.29) is 16.6 Å². The van der Waals surface area contributed by atoms with Crippen molar-refractivity contribution in [3.63, 3.8) is 0 Å². The van der Waals surface area contributed by atoms with Crippen LogP contribution in [0.1, 0.15) is 46.1 Å². The van der Waals surface area contributed by atoms with Gasteiger partial charge in [-0.1, -0.05) is 44.2 Å². The van der Waals surface area contributed by atoms with Crippen LogP contribution in [0.3, 0.4) is 0 Å². The highest BCUT2D eigenvalue weighted by molar-refractivity contribution is 8.18. The number of aliphatic carboxylic acids is 1. The summed E-state index contributed by atoms with van der Waals surface area (Å²) in [5.41, 5.74) is 1.09. The number of benzene rings is 1. The van der Waals surface area contributed by atoms with E-state index in [0.717, 1.165) is 17.1 Å². The first-order valence-electron chi connectivity index (χ1n) is 11.5. The molecule has 1 heterocycles. The Hall–Kier alpha value is -1.71. The first-order chi connectivity index (χ1) is 15.8. The molecular weight excluding hydrogens is 460 g/mol. The molecule has 1 aliphatic heterocycles. The van der Waals surface area contributed by atoms with Crippen LogP contribution in [-0.4, -0.2) is 74.7 Å². The number of likely N-dealkylation sites (tertiary alicyclic amines) is 1. The fourth-order valence-electron chi connectivity index (χ4n) is 4.16. The average Bonchev–Trinajstić information content (AvgIpc) is 3.17. The van der Waals surface area contributed by atoms with Gasteiger partial charge in [0.2, 0.25) is 5.91 Å². The van der Waals surface area contributed by atoms with Gasteiger partial charge in [-0.3, -0.25) is 14.9 Å². The van der Waals surface area contributed by atoms with Crippen molar-refractivity contribution in [2.45, 2.75) is 69.2 Å². The van der Waals surface area contributed by atoms with Gasteiger partial charge in [0, 0.05) is 13.0 Å². The monoisotopic (exact) mass is 496 g/mol. The number of rotatable bonds is 13. The number of hydrogen-bond acceptors (Lipinski definition) is 7. The van der Waals surface area contributed by atoms with E-state index >= 15 is 0 Å². The van der Waals surface area contributed by atoms with Gasteiger partial charge >= 0.3 is 11.9 Å². The fraction of sp³-hybridized carbons (Fsp3) is 0.625. The Bertz CT molecular complexity index is 786. The first kappa shape index (κ1) is 27.5. The molecule has 1 aliphatic rings. The number of nitrogens with zero attached hydrogens (tertiary/aromatic N) is 1. The molecule has 7 nitrogen and oxygen atoms in total. The lowest BCUT2D eigenvalue weighted by Gasteiger charge is -2.29. The Morgan fingerprint density at radius 3 is 2.36 bits per heavy atom. The predicted octanol–water partition coefficient (Wildman–Crippen LogP) is 3.42. The van der Waals surface area contributed by atoms with Crippen molar-refractivity contribution in [1.29, 1.82) is 0 Å². The number of aryl methyl sites for hydroxylation is 1. The van der Waals surface area contributed by atoms with Crippen molar-refractivity contribution in [3.05, 3.63) is 35.9 Å². The van der Waals surface area contributed by atoms with Gasteiger partial charge < -0.3 is 14.7 Å². The minimum Gasteiger partial charge on any atom is -0.480 e. The molecular formula is C24H36N2O5S2. The van der Waals surface area contributed by atoms with Gasteiger partial charge in [0.05, 0.1) is 16.7 Å². The Kier molecular flexibility index (Phi) is 11.1. The van der Waals surface area contributed by atoms with Gasteiger partial charge in [0.15, 0.2) is 0 Å². The molecule has 9 heteroatoms. The minimum absolute atomic E-state index is 0.253. The molecule has 0 spiro atoms. The lowest BCUT2D eigenvalue weighted by atomic mass is 10.0. The Morgan fingerprint density at radius 1 is 1.18 bits per heavy atom. The van der Waals surface area contributed by atoms with E-state index in [9.17, 15) is 19.5 Å². The zero-order chi connectivity index (χ0) is 24.4. The van der Waals surface area contributed by atoms with E-state index in [4.69, 9.17) is 4.74 Å². The van der Waals surface area contributed by atoms with E-state index in [2.05, 4.69) is 5.32 Å². The molecule has 3 atom stereocenters. The topological polar surface area (TPSA) is 95.9 Å². The van der Waals surface area contributed by atoms with Crippen LogP contribution >= 0.6 is 23.5 Å². The molecule has 0 saturated carbocycles. The number of thioether (sulfide) groups is 2. The second kappa shape index (κ2) is 13.2. The summed E-state index contributed by atoms with van der Waals surface area (Å²) in [5, 5.41) is 13.0. The highest BCUT2D eigenvalue weighted by Gasteiger charge is 2.50. The van der Waals surface area contributed by atoms with Gasteiger partial charge in [-0.25, -0.2) is 4.79 Å². The third kappa shape index (κ3) is 7.65. The summed E-state index contributed by atoms with van der Waals surface area (Å²) in [7, 11) is 0. The number of esters is 1. The van der Waals surface area contributed by atoms with Gasteiger partial charge in [0.1, 0.15) is 12.1 Å². The highest BCUT2D eigenvalue weighted by atomic mass is 32.2. The summed E-state index contributed by atoms with van der Waals surface area (Å²) in [4.78, 5) is 39.4. The molecule has 1 aromatic rings. The maximum Gasteiger partial charge on any atom is 0.326 e. The number of ether oxygens (including phenoxy) is 1. The quantitative estimate of drug-likeness (QED) is 0.317. The third-order valence-corrected chi connectivity index (χ3v) is 8.56. The van der Waals surface area contributed by atoms with Crippen LogP contribution in [0.5, 0.6) is 0 Å². The number of hydrogen-bond donors (Lipinski definition) is 2. The fourth-order valence-corrected chi connectivity index (χ4v) is 7.26. The Morgan fingerprint density at radius 2 is 1.82 bits per heavy atom. The molecule has 0 aromatic heterocycles. The summed E-state index contributed by atoms with van der Waals surface area (Å²) in [5.74, 6) is 0.00405. The minimum atomic E-state index is -0.989. The molecule has 1 amide bonds. The van der Waals surface area contributed by atoms with E-state index in [1.165, 1.54) is 4.90 Å². The molecule has 1 saturated heterocycles. The van der Waals surface area contributed by atoms with Crippen molar-refractivity contribution in [2.75, 3.05) is 24.7 Å². The van der Waals surface area contributed by atoms with Crippen LogP contribution in [0, 0.1) is 0 Å². The second-order valence-electron chi connectivity index (χ2n) is 8.02. The van der Waals surface area contributed by atoms with E-state index in [0.29, 0.717) is 25.8 Å². The molecule has 33 heavy (non-hydrogen) atoms. The molecule has 1 aromatic carbocycles. The van der Waals surface area contributed by atoms with Crippen LogP contribution in [0.25, 0.3) is 0 Å². The maximum absolute atomic E-state index is 13.4. The number of carboxylic acids is 1. The first-order valence-corrected chi connectivity index (χ1v) is 13.5. The second-order valence-corrected chi connectivity index (χ2v) is 11.6. The normalized spacial score (nSPS) is 19.2.